The Balaban J connectivity index is 2.24. The van der Waals surface area contributed by atoms with Crippen molar-refractivity contribution >= 4 is 35.9 Å². The summed E-state index contributed by atoms with van der Waals surface area (Å²) in [6, 6.07) is 14.1. The van der Waals surface area contributed by atoms with Crippen molar-refractivity contribution in [2.24, 2.45) is 17.2 Å². The summed E-state index contributed by atoms with van der Waals surface area (Å²) < 4.78 is 0. The van der Waals surface area contributed by atoms with Crippen LogP contribution in [0.4, 0.5) is 0 Å². The number of hydrogen-bond donors (Lipinski definition) is 9. The van der Waals surface area contributed by atoms with Crippen molar-refractivity contribution in [3.8, 4) is 0 Å². The third-order valence-corrected chi connectivity index (χ3v) is 7.06. The molecule has 0 aromatic heterocycles. The predicted molar refractivity (Wildman–Crippen MR) is 175 cm³/mol. The highest BCUT2D eigenvalue weighted by Gasteiger charge is 2.30. The first kappa shape index (κ1) is 37.4. The second-order valence-electron chi connectivity index (χ2n) is 10.8. The van der Waals surface area contributed by atoms with E-state index in [9.17, 15) is 24.0 Å². The summed E-state index contributed by atoms with van der Waals surface area (Å²) in [4.78, 5) is 64.4. The highest BCUT2D eigenvalue weighted by Crippen LogP contribution is 2.09. The zero-order valence-electron chi connectivity index (χ0n) is 25.9. The molecule has 14 nitrogen and oxygen atoms in total. The van der Waals surface area contributed by atoms with E-state index in [0.29, 0.717) is 25.8 Å². The highest BCUT2D eigenvalue weighted by atomic mass is 16.2. The summed E-state index contributed by atoms with van der Waals surface area (Å²) in [5.41, 5.74) is 18.0. The summed E-state index contributed by atoms with van der Waals surface area (Å²) in [6.45, 7) is 0.331. The molecule has 2 aromatic carbocycles. The number of guanidine groups is 1. The number of carbonyl (C=O) groups is 4. The Kier molecular flexibility index (Phi) is 17.1. The van der Waals surface area contributed by atoms with Crippen molar-refractivity contribution < 1.29 is 24.0 Å². The molecule has 0 spiro atoms. The Hall–Kier alpha value is -4.82. The van der Waals surface area contributed by atoms with Gasteiger partial charge in [0.1, 0.15) is 18.1 Å². The van der Waals surface area contributed by atoms with E-state index in [0.717, 1.165) is 11.1 Å². The first-order chi connectivity index (χ1) is 22.2. The van der Waals surface area contributed by atoms with Crippen LogP contribution in [0.2, 0.25) is 0 Å². The van der Waals surface area contributed by atoms with Gasteiger partial charge in [0.05, 0.1) is 12.6 Å². The van der Waals surface area contributed by atoms with Gasteiger partial charge in [-0.1, -0.05) is 60.7 Å². The average Bonchev–Trinajstić information content (AvgIpc) is 3.05. The fraction of sp³-hybridized carbons (Fsp3) is 0.438. The van der Waals surface area contributed by atoms with Crippen LogP contribution in [0.3, 0.4) is 0 Å². The van der Waals surface area contributed by atoms with Crippen LogP contribution in [0.15, 0.2) is 60.7 Å². The van der Waals surface area contributed by atoms with Gasteiger partial charge in [-0.3, -0.25) is 29.4 Å². The van der Waals surface area contributed by atoms with E-state index in [-0.39, 0.29) is 44.7 Å². The van der Waals surface area contributed by atoms with Crippen LogP contribution in [-0.4, -0.2) is 79.7 Å². The number of benzene rings is 2. The number of nitrogens with one attached hydrogen (secondary N) is 6. The summed E-state index contributed by atoms with van der Waals surface area (Å²) in [5.74, 6) is -2.59. The fourth-order valence-corrected chi connectivity index (χ4v) is 4.66. The van der Waals surface area contributed by atoms with Crippen molar-refractivity contribution in [1.29, 1.82) is 5.41 Å². The Morgan fingerprint density at radius 1 is 0.696 bits per heavy atom. The molecule has 4 amide bonds. The van der Waals surface area contributed by atoms with Gasteiger partial charge < -0.3 is 43.8 Å². The van der Waals surface area contributed by atoms with E-state index in [1.54, 1.807) is 12.1 Å². The minimum Gasteiger partial charge on any atom is -0.370 e. The Labute approximate surface area is 269 Å². The zero-order valence-corrected chi connectivity index (χ0v) is 25.9. The number of hydrogen-bond acceptors (Lipinski definition) is 8. The summed E-state index contributed by atoms with van der Waals surface area (Å²) in [5, 5.41) is 20.7. The molecule has 4 atom stereocenters. The van der Waals surface area contributed by atoms with E-state index in [2.05, 4.69) is 26.6 Å². The van der Waals surface area contributed by atoms with Crippen molar-refractivity contribution in [3.05, 3.63) is 71.8 Å². The van der Waals surface area contributed by atoms with Gasteiger partial charge in [0, 0.05) is 19.4 Å². The lowest BCUT2D eigenvalue weighted by molar-refractivity contribution is -0.133. The molecule has 0 saturated carbocycles. The second kappa shape index (κ2) is 21.0. The fourth-order valence-electron chi connectivity index (χ4n) is 4.66. The standard InChI is InChI=1S/C32H46N9O5/c33-16-8-7-14-26(40-29(44)25(39-28(43)20-34)15-9-17-37-32(35)36)30(45)41-27(19-23-12-5-2-6-13-23)31(46)38-24(21-42)18-22-10-3-1-4-11-22/h1-6,10-13,24-27H,7-9,14-20,33-34H2,(H,38,46)(H,39,43)(H,40,44)(H,41,45)(H4,35,36,37). The molecule has 46 heavy (non-hydrogen) atoms. The smallest absolute Gasteiger partial charge is 0.243 e. The molecule has 0 aliphatic heterocycles. The van der Waals surface area contributed by atoms with Crippen LogP contribution in [0.25, 0.3) is 0 Å². The maximum absolute atomic E-state index is 13.7. The third kappa shape index (κ3) is 14.3. The van der Waals surface area contributed by atoms with E-state index < -0.39 is 47.8 Å². The molecule has 12 N–H and O–H groups in total. The lowest BCUT2D eigenvalue weighted by atomic mass is 10.0. The monoisotopic (exact) mass is 636 g/mol. The van der Waals surface area contributed by atoms with Gasteiger partial charge in [0.15, 0.2) is 5.96 Å². The largest absolute Gasteiger partial charge is 0.370 e. The first-order valence-electron chi connectivity index (χ1n) is 15.3. The highest BCUT2D eigenvalue weighted by molar-refractivity contribution is 5.95. The topological polar surface area (TPSA) is 247 Å². The van der Waals surface area contributed by atoms with Gasteiger partial charge in [-0.05, 0) is 49.8 Å². The lowest BCUT2D eigenvalue weighted by Crippen LogP contribution is -2.58. The molecule has 14 heteroatoms. The van der Waals surface area contributed by atoms with Crippen LogP contribution in [0.1, 0.15) is 43.2 Å². The summed E-state index contributed by atoms with van der Waals surface area (Å²) in [6.07, 6.45) is 4.08. The van der Waals surface area contributed by atoms with Gasteiger partial charge in [-0.25, -0.2) is 0 Å². The number of carbonyl (C=O) groups excluding carboxylic acids is 5. The van der Waals surface area contributed by atoms with Gasteiger partial charge in [-0.15, -0.1) is 0 Å². The molecule has 1 radical (unpaired) electrons. The molecule has 0 aliphatic rings. The normalized spacial score (nSPS) is 13.3. The van der Waals surface area contributed by atoms with Crippen LogP contribution >= 0.6 is 0 Å². The van der Waals surface area contributed by atoms with Crippen LogP contribution in [0, 0.1) is 5.41 Å². The Morgan fingerprint density at radius 2 is 1.22 bits per heavy atom. The molecule has 0 saturated heterocycles. The van der Waals surface area contributed by atoms with Gasteiger partial charge in [0.25, 0.3) is 0 Å². The van der Waals surface area contributed by atoms with E-state index in [1.165, 1.54) is 0 Å². The zero-order chi connectivity index (χ0) is 33.7. The van der Waals surface area contributed by atoms with Gasteiger partial charge in [-0.2, -0.15) is 0 Å². The summed E-state index contributed by atoms with van der Waals surface area (Å²) >= 11 is 0. The SMILES string of the molecule is N=C(N)NCCCC(NC(=O)CN)C(=O)NC(CCCCN)C(=O)NC(Cc1ccccc1)C(=O)NC([C]=O)Cc1ccccc1. The van der Waals surface area contributed by atoms with Crippen molar-refractivity contribution in [2.45, 2.75) is 69.1 Å². The quantitative estimate of drug-likeness (QED) is 0.0456. The second-order valence-corrected chi connectivity index (χ2v) is 10.8. The molecule has 249 valence electrons. The molecule has 2 aromatic rings. The van der Waals surface area contributed by atoms with E-state index >= 15 is 0 Å². The molecule has 2 rings (SSSR count). The first-order valence-corrected chi connectivity index (χ1v) is 15.3. The number of rotatable bonds is 21. The molecular formula is C32H46N9O5. The molecule has 0 bridgehead atoms. The molecule has 0 fully saturated rings. The van der Waals surface area contributed by atoms with Crippen LogP contribution in [-0.2, 0) is 36.8 Å². The number of nitrogens with two attached hydrogens (primary N) is 3. The molecular weight excluding hydrogens is 590 g/mol. The van der Waals surface area contributed by atoms with Crippen LogP contribution in [0.5, 0.6) is 0 Å². The summed E-state index contributed by atoms with van der Waals surface area (Å²) in [7, 11) is 0. The molecule has 0 aliphatic carbocycles. The lowest BCUT2D eigenvalue weighted by Gasteiger charge is -2.26. The average molecular weight is 637 g/mol. The molecule has 4 unspecified atom stereocenters. The van der Waals surface area contributed by atoms with Crippen molar-refractivity contribution in [2.75, 3.05) is 19.6 Å². The van der Waals surface area contributed by atoms with Crippen molar-refractivity contribution in [1.82, 2.24) is 26.6 Å². The minimum atomic E-state index is -1.08. The molecule has 0 heterocycles. The van der Waals surface area contributed by atoms with E-state index in [4.69, 9.17) is 22.6 Å². The third-order valence-electron chi connectivity index (χ3n) is 7.06. The number of amides is 4. The van der Waals surface area contributed by atoms with Gasteiger partial charge >= 0.3 is 0 Å². The number of unbranched alkanes of at least 4 members (excludes halogenated alkanes) is 1. The Morgan fingerprint density at radius 3 is 1.76 bits per heavy atom. The maximum Gasteiger partial charge on any atom is 0.243 e. The predicted octanol–water partition coefficient (Wildman–Crippen LogP) is -1.13. The maximum atomic E-state index is 13.7. The Bertz CT molecular complexity index is 1260. The van der Waals surface area contributed by atoms with Crippen molar-refractivity contribution in [3.63, 3.8) is 0 Å². The van der Waals surface area contributed by atoms with Gasteiger partial charge in [0.2, 0.25) is 29.9 Å². The van der Waals surface area contributed by atoms with Crippen LogP contribution < -0.4 is 43.8 Å². The van der Waals surface area contributed by atoms with E-state index in [1.807, 2.05) is 54.8 Å². The minimum absolute atomic E-state index is 0.122.